The number of nitrogens with two attached hydrogens (primary N) is 1. The number of aromatic nitrogens is 5. The number of nitrogen functional groups attached to an aromatic ring is 1. The first-order chi connectivity index (χ1) is 15.1. The lowest BCUT2D eigenvalue weighted by atomic mass is 10.2. The highest BCUT2D eigenvalue weighted by molar-refractivity contribution is 5.73. The lowest BCUT2D eigenvalue weighted by Crippen LogP contribution is -2.22. The fourth-order valence-corrected chi connectivity index (χ4v) is 3.90. The number of rotatable bonds is 5. The van der Waals surface area contributed by atoms with Crippen molar-refractivity contribution in [3.8, 4) is 5.69 Å². The van der Waals surface area contributed by atoms with E-state index in [-0.39, 0.29) is 11.6 Å². The second-order valence-electron chi connectivity index (χ2n) is 7.64. The molecule has 0 aliphatic heterocycles. The number of nitrogens with one attached hydrogen (secondary N) is 2. The molecule has 1 fully saturated rings. The maximum atomic E-state index is 12.0. The van der Waals surface area contributed by atoms with Crippen LogP contribution >= 0.6 is 0 Å². The van der Waals surface area contributed by atoms with Crippen molar-refractivity contribution in [2.75, 3.05) is 16.4 Å². The summed E-state index contributed by atoms with van der Waals surface area (Å²) in [6.07, 6.45) is 8.14. The summed E-state index contributed by atoms with van der Waals surface area (Å²) in [5, 5.41) is 6.94. The molecule has 0 amide bonds. The first-order valence-corrected chi connectivity index (χ1v) is 10.2. The van der Waals surface area contributed by atoms with Gasteiger partial charge in [-0.1, -0.05) is 6.07 Å². The Morgan fingerprint density at radius 1 is 0.903 bits per heavy atom. The van der Waals surface area contributed by atoms with E-state index in [9.17, 15) is 4.79 Å². The summed E-state index contributed by atoms with van der Waals surface area (Å²) < 4.78 is 1.57. The van der Waals surface area contributed by atoms with Crippen molar-refractivity contribution in [2.45, 2.75) is 31.3 Å². The Balaban J connectivity index is 1.21. The van der Waals surface area contributed by atoms with Gasteiger partial charge in [0.2, 0.25) is 0 Å². The minimum Gasteiger partial charge on any atom is -0.384 e. The number of fused-ring (bicyclic) bond motifs is 1. The van der Waals surface area contributed by atoms with E-state index >= 15 is 0 Å². The minimum atomic E-state index is -0.0793. The standard InChI is InChI=1S/C22H22N8O/c23-18-8-7-17-22(28-18)29-20(13-24-17)27-15-5-4-14(11-15)26-19-9-6-16(12-25-19)30-10-2-1-3-21(30)31/h1-3,6-10,12-15H,4-5,11H2,(H,25,26)(H3,23,27,28,29)/t14-,15-/m0/s1. The number of pyridine rings is 3. The smallest absolute Gasteiger partial charge is 0.255 e. The molecule has 0 spiro atoms. The van der Waals surface area contributed by atoms with Crippen molar-refractivity contribution in [2.24, 2.45) is 0 Å². The van der Waals surface area contributed by atoms with Crippen LogP contribution in [0.3, 0.4) is 0 Å². The fourth-order valence-electron chi connectivity index (χ4n) is 3.90. The molecular weight excluding hydrogens is 392 g/mol. The minimum absolute atomic E-state index is 0.0793. The van der Waals surface area contributed by atoms with Gasteiger partial charge >= 0.3 is 0 Å². The maximum Gasteiger partial charge on any atom is 0.255 e. The van der Waals surface area contributed by atoms with Crippen LogP contribution in [0.1, 0.15) is 19.3 Å². The van der Waals surface area contributed by atoms with E-state index in [1.807, 2.05) is 24.3 Å². The van der Waals surface area contributed by atoms with Crippen LogP contribution in [0.2, 0.25) is 0 Å². The maximum absolute atomic E-state index is 12.0. The van der Waals surface area contributed by atoms with Crippen LogP contribution in [0, 0.1) is 0 Å². The van der Waals surface area contributed by atoms with Crippen molar-refractivity contribution in [3.05, 3.63) is 71.4 Å². The molecule has 0 bridgehead atoms. The number of anilines is 3. The van der Waals surface area contributed by atoms with Gasteiger partial charge in [0, 0.05) is 24.3 Å². The lowest BCUT2D eigenvalue weighted by Gasteiger charge is -2.16. The molecule has 0 aromatic carbocycles. The Morgan fingerprint density at radius 2 is 1.74 bits per heavy atom. The average Bonchev–Trinajstić information content (AvgIpc) is 3.21. The van der Waals surface area contributed by atoms with E-state index in [1.54, 1.807) is 35.3 Å². The first kappa shape index (κ1) is 19.0. The van der Waals surface area contributed by atoms with Gasteiger partial charge in [0.1, 0.15) is 23.0 Å². The van der Waals surface area contributed by atoms with E-state index in [1.165, 1.54) is 6.07 Å². The molecule has 1 saturated carbocycles. The Kier molecular flexibility index (Phi) is 4.91. The van der Waals surface area contributed by atoms with Gasteiger partial charge in [-0.05, 0) is 49.6 Å². The summed E-state index contributed by atoms with van der Waals surface area (Å²) in [5.41, 5.74) is 7.67. The zero-order valence-corrected chi connectivity index (χ0v) is 16.8. The highest BCUT2D eigenvalue weighted by Crippen LogP contribution is 2.25. The molecule has 4 aromatic heterocycles. The third-order valence-corrected chi connectivity index (χ3v) is 5.41. The molecule has 156 valence electrons. The van der Waals surface area contributed by atoms with Gasteiger partial charge in [0.15, 0.2) is 5.65 Å². The molecule has 0 radical (unpaired) electrons. The van der Waals surface area contributed by atoms with Gasteiger partial charge in [-0.25, -0.2) is 19.9 Å². The van der Waals surface area contributed by atoms with Crippen LogP contribution in [0.5, 0.6) is 0 Å². The van der Waals surface area contributed by atoms with Gasteiger partial charge in [0.05, 0.1) is 18.1 Å². The summed E-state index contributed by atoms with van der Waals surface area (Å²) in [6, 6.07) is 13.0. The quantitative estimate of drug-likeness (QED) is 0.455. The van der Waals surface area contributed by atoms with E-state index in [0.717, 1.165) is 36.3 Å². The Morgan fingerprint density at radius 3 is 2.52 bits per heavy atom. The van der Waals surface area contributed by atoms with Crippen LogP contribution in [0.4, 0.5) is 17.5 Å². The van der Waals surface area contributed by atoms with E-state index in [4.69, 9.17) is 5.73 Å². The van der Waals surface area contributed by atoms with E-state index < -0.39 is 0 Å². The molecule has 9 heteroatoms. The van der Waals surface area contributed by atoms with Crippen molar-refractivity contribution in [1.29, 1.82) is 0 Å². The number of hydrogen-bond donors (Lipinski definition) is 3. The van der Waals surface area contributed by atoms with Crippen LogP contribution in [0.15, 0.2) is 65.8 Å². The lowest BCUT2D eigenvalue weighted by molar-refractivity contribution is 0.720. The molecule has 1 aliphatic carbocycles. The van der Waals surface area contributed by atoms with Crippen molar-refractivity contribution >= 4 is 28.6 Å². The SMILES string of the molecule is Nc1ccc2ncc(N[C@H]3CC[C@H](Nc4ccc(-n5ccccc5=O)cn4)C3)nc2n1. The summed E-state index contributed by atoms with van der Waals surface area (Å²) in [6.45, 7) is 0. The van der Waals surface area contributed by atoms with Gasteiger partial charge in [-0.15, -0.1) is 0 Å². The molecule has 9 nitrogen and oxygen atoms in total. The van der Waals surface area contributed by atoms with Gasteiger partial charge in [-0.3, -0.25) is 9.36 Å². The molecule has 31 heavy (non-hydrogen) atoms. The zero-order valence-electron chi connectivity index (χ0n) is 16.8. The highest BCUT2D eigenvalue weighted by atomic mass is 16.1. The van der Waals surface area contributed by atoms with Gasteiger partial charge in [0.25, 0.3) is 5.56 Å². The predicted molar refractivity (Wildman–Crippen MR) is 120 cm³/mol. The van der Waals surface area contributed by atoms with Crippen molar-refractivity contribution in [1.82, 2.24) is 24.5 Å². The van der Waals surface area contributed by atoms with Crippen LogP contribution < -0.4 is 21.9 Å². The predicted octanol–water partition coefficient (Wildman–Crippen LogP) is 2.60. The highest BCUT2D eigenvalue weighted by Gasteiger charge is 2.25. The van der Waals surface area contributed by atoms with E-state index in [0.29, 0.717) is 23.3 Å². The molecule has 2 atom stereocenters. The molecular formula is C22H22N8O. The Bertz CT molecular complexity index is 1270. The number of hydrogen-bond acceptors (Lipinski definition) is 8. The van der Waals surface area contributed by atoms with Crippen LogP contribution in [-0.4, -0.2) is 36.6 Å². The Labute approximate surface area is 178 Å². The van der Waals surface area contributed by atoms with Gasteiger partial charge < -0.3 is 16.4 Å². The largest absolute Gasteiger partial charge is 0.384 e. The van der Waals surface area contributed by atoms with Crippen LogP contribution in [0.25, 0.3) is 16.9 Å². The Hall–Kier alpha value is -4.01. The topological polar surface area (TPSA) is 124 Å². The third-order valence-electron chi connectivity index (χ3n) is 5.41. The third kappa shape index (κ3) is 4.16. The summed E-state index contributed by atoms with van der Waals surface area (Å²) in [5.74, 6) is 1.93. The summed E-state index contributed by atoms with van der Waals surface area (Å²) in [7, 11) is 0. The van der Waals surface area contributed by atoms with E-state index in [2.05, 4.69) is 30.6 Å². The second kappa shape index (κ2) is 8.02. The molecule has 1 aliphatic rings. The molecule has 4 aromatic rings. The molecule has 4 N–H and O–H groups in total. The van der Waals surface area contributed by atoms with Crippen molar-refractivity contribution in [3.63, 3.8) is 0 Å². The number of nitrogens with zero attached hydrogens (tertiary/aromatic N) is 5. The van der Waals surface area contributed by atoms with Crippen LogP contribution in [-0.2, 0) is 0 Å². The molecule has 0 unspecified atom stereocenters. The monoisotopic (exact) mass is 414 g/mol. The van der Waals surface area contributed by atoms with Crippen molar-refractivity contribution < 1.29 is 0 Å². The fraction of sp³-hybridized carbons (Fsp3) is 0.227. The molecule has 0 saturated heterocycles. The molecule has 4 heterocycles. The molecule has 5 rings (SSSR count). The second-order valence-corrected chi connectivity index (χ2v) is 7.64. The summed E-state index contributed by atoms with van der Waals surface area (Å²) >= 11 is 0. The summed E-state index contributed by atoms with van der Waals surface area (Å²) in [4.78, 5) is 29.6. The normalized spacial score (nSPS) is 18.2. The van der Waals surface area contributed by atoms with Gasteiger partial charge in [-0.2, -0.15) is 0 Å². The zero-order chi connectivity index (χ0) is 21.2. The first-order valence-electron chi connectivity index (χ1n) is 10.2. The average molecular weight is 414 g/mol.